The summed E-state index contributed by atoms with van der Waals surface area (Å²) < 4.78 is 16.2. The SMILES string of the molecule is COc1ccc(Oc2cccc(OC)c2C(C)O)cc1. The molecule has 20 heavy (non-hydrogen) atoms. The number of methoxy groups -OCH3 is 2. The summed E-state index contributed by atoms with van der Waals surface area (Å²) in [5.41, 5.74) is 0.630. The molecule has 1 N–H and O–H groups in total. The first kappa shape index (κ1) is 14.2. The number of aliphatic hydroxyl groups excluding tert-OH is 1. The lowest BCUT2D eigenvalue weighted by Crippen LogP contribution is -2.00. The van der Waals surface area contributed by atoms with E-state index in [1.54, 1.807) is 33.3 Å². The molecule has 106 valence electrons. The van der Waals surface area contributed by atoms with Gasteiger partial charge in [-0.2, -0.15) is 0 Å². The molecule has 0 aliphatic heterocycles. The Balaban J connectivity index is 2.32. The van der Waals surface area contributed by atoms with Crippen molar-refractivity contribution in [3.63, 3.8) is 0 Å². The molecule has 0 bridgehead atoms. The number of ether oxygens (including phenoxy) is 3. The van der Waals surface area contributed by atoms with Gasteiger partial charge >= 0.3 is 0 Å². The third kappa shape index (κ3) is 3.03. The van der Waals surface area contributed by atoms with Gasteiger partial charge in [0.1, 0.15) is 23.0 Å². The Bertz CT molecular complexity index is 561. The van der Waals surface area contributed by atoms with Crippen molar-refractivity contribution in [2.75, 3.05) is 14.2 Å². The molecule has 0 fully saturated rings. The van der Waals surface area contributed by atoms with Gasteiger partial charge in [-0.15, -0.1) is 0 Å². The first-order valence-electron chi connectivity index (χ1n) is 6.32. The summed E-state index contributed by atoms with van der Waals surface area (Å²) in [6.45, 7) is 1.68. The molecule has 0 amide bonds. The van der Waals surface area contributed by atoms with Crippen LogP contribution in [-0.2, 0) is 0 Å². The number of rotatable bonds is 5. The Hall–Kier alpha value is -2.20. The Morgan fingerprint density at radius 3 is 2.00 bits per heavy atom. The average molecular weight is 274 g/mol. The van der Waals surface area contributed by atoms with Crippen LogP contribution in [0.3, 0.4) is 0 Å². The van der Waals surface area contributed by atoms with Crippen molar-refractivity contribution in [1.82, 2.24) is 0 Å². The van der Waals surface area contributed by atoms with Gasteiger partial charge in [-0.3, -0.25) is 0 Å². The molecule has 2 rings (SSSR count). The van der Waals surface area contributed by atoms with E-state index < -0.39 is 6.10 Å². The zero-order chi connectivity index (χ0) is 14.5. The van der Waals surface area contributed by atoms with Crippen LogP contribution in [0.4, 0.5) is 0 Å². The van der Waals surface area contributed by atoms with Crippen LogP contribution in [0.15, 0.2) is 42.5 Å². The number of aliphatic hydroxyl groups is 1. The molecule has 4 nitrogen and oxygen atoms in total. The summed E-state index contributed by atoms with van der Waals surface area (Å²) in [5.74, 6) is 2.61. The Morgan fingerprint density at radius 1 is 0.850 bits per heavy atom. The van der Waals surface area contributed by atoms with Gasteiger partial charge in [0.2, 0.25) is 0 Å². The van der Waals surface area contributed by atoms with Crippen LogP contribution >= 0.6 is 0 Å². The Labute approximate surface area is 118 Å². The lowest BCUT2D eigenvalue weighted by molar-refractivity contribution is 0.190. The number of hydrogen-bond donors (Lipinski definition) is 1. The van der Waals surface area contributed by atoms with Crippen molar-refractivity contribution in [1.29, 1.82) is 0 Å². The molecular weight excluding hydrogens is 256 g/mol. The average Bonchev–Trinajstić information content (AvgIpc) is 2.47. The molecule has 0 heterocycles. The molecule has 0 saturated heterocycles. The van der Waals surface area contributed by atoms with Gasteiger partial charge in [0.25, 0.3) is 0 Å². The van der Waals surface area contributed by atoms with Gasteiger partial charge in [0, 0.05) is 0 Å². The lowest BCUT2D eigenvalue weighted by Gasteiger charge is -2.16. The molecule has 0 aliphatic rings. The minimum atomic E-state index is -0.681. The fraction of sp³-hybridized carbons (Fsp3) is 0.250. The quantitative estimate of drug-likeness (QED) is 0.905. The van der Waals surface area contributed by atoms with Crippen LogP contribution in [0.1, 0.15) is 18.6 Å². The fourth-order valence-electron chi connectivity index (χ4n) is 1.97. The predicted octanol–water partition coefficient (Wildman–Crippen LogP) is 3.55. The maximum Gasteiger partial charge on any atom is 0.136 e. The Morgan fingerprint density at radius 2 is 1.45 bits per heavy atom. The predicted molar refractivity (Wildman–Crippen MR) is 76.7 cm³/mol. The molecule has 1 unspecified atom stereocenters. The van der Waals surface area contributed by atoms with E-state index in [1.807, 2.05) is 30.3 Å². The Kier molecular flexibility index (Phi) is 4.48. The number of hydrogen-bond acceptors (Lipinski definition) is 4. The summed E-state index contributed by atoms with van der Waals surface area (Å²) in [4.78, 5) is 0. The molecule has 1 atom stereocenters. The van der Waals surface area contributed by atoms with E-state index in [-0.39, 0.29) is 0 Å². The third-order valence-electron chi connectivity index (χ3n) is 2.95. The molecule has 0 spiro atoms. The second-order valence-electron chi connectivity index (χ2n) is 4.33. The van der Waals surface area contributed by atoms with Crippen molar-refractivity contribution < 1.29 is 19.3 Å². The van der Waals surface area contributed by atoms with E-state index in [1.165, 1.54) is 0 Å². The van der Waals surface area contributed by atoms with Crippen LogP contribution < -0.4 is 14.2 Å². The van der Waals surface area contributed by atoms with E-state index in [0.29, 0.717) is 22.8 Å². The van der Waals surface area contributed by atoms with Crippen molar-refractivity contribution in [3.8, 4) is 23.0 Å². The topological polar surface area (TPSA) is 47.9 Å². The van der Waals surface area contributed by atoms with Crippen molar-refractivity contribution in [3.05, 3.63) is 48.0 Å². The van der Waals surface area contributed by atoms with Gasteiger partial charge in [-0.1, -0.05) is 6.07 Å². The molecule has 2 aromatic rings. The first-order chi connectivity index (χ1) is 9.65. The van der Waals surface area contributed by atoms with Gasteiger partial charge in [0.15, 0.2) is 0 Å². The van der Waals surface area contributed by atoms with Gasteiger partial charge < -0.3 is 19.3 Å². The molecule has 2 aromatic carbocycles. The van der Waals surface area contributed by atoms with Gasteiger partial charge in [-0.05, 0) is 43.3 Å². The third-order valence-corrected chi connectivity index (χ3v) is 2.95. The lowest BCUT2D eigenvalue weighted by atomic mass is 10.1. The second kappa shape index (κ2) is 6.30. The van der Waals surface area contributed by atoms with Gasteiger partial charge in [0.05, 0.1) is 25.9 Å². The van der Waals surface area contributed by atoms with Crippen LogP contribution in [0.2, 0.25) is 0 Å². The zero-order valence-electron chi connectivity index (χ0n) is 11.8. The van der Waals surface area contributed by atoms with E-state index in [9.17, 15) is 5.11 Å². The smallest absolute Gasteiger partial charge is 0.136 e. The van der Waals surface area contributed by atoms with Crippen LogP contribution in [-0.4, -0.2) is 19.3 Å². The monoisotopic (exact) mass is 274 g/mol. The fourth-order valence-corrected chi connectivity index (χ4v) is 1.97. The summed E-state index contributed by atoms with van der Waals surface area (Å²) in [7, 11) is 3.18. The van der Waals surface area contributed by atoms with Crippen molar-refractivity contribution >= 4 is 0 Å². The van der Waals surface area contributed by atoms with Gasteiger partial charge in [-0.25, -0.2) is 0 Å². The summed E-state index contributed by atoms with van der Waals surface area (Å²) in [5, 5.41) is 9.90. The van der Waals surface area contributed by atoms with E-state index in [0.717, 1.165) is 5.75 Å². The maximum absolute atomic E-state index is 9.90. The highest BCUT2D eigenvalue weighted by Crippen LogP contribution is 2.36. The highest BCUT2D eigenvalue weighted by atomic mass is 16.5. The maximum atomic E-state index is 9.90. The highest BCUT2D eigenvalue weighted by Gasteiger charge is 2.15. The number of benzene rings is 2. The first-order valence-corrected chi connectivity index (χ1v) is 6.32. The molecule has 0 radical (unpaired) electrons. The van der Waals surface area contributed by atoms with Crippen LogP contribution in [0.25, 0.3) is 0 Å². The molecule has 0 aliphatic carbocycles. The van der Waals surface area contributed by atoms with Crippen LogP contribution in [0.5, 0.6) is 23.0 Å². The molecule has 0 saturated carbocycles. The van der Waals surface area contributed by atoms with Crippen LogP contribution in [0, 0.1) is 0 Å². The standard InChI is InChI=1S/C16H18O4/c1-11(17)16-14(19-3)5-4-6-15(16)20-13-9-7-12(18-2)8-10-13/h4-11,17H,1-3H3. The molecular formula is C16H18O4. The largest absolute Gasteiger partial charge is 0.497 e. The summed E-state index contributed by atoms with van der Waals surface area (Å²) in [6, 6.07) is 12.7. The molecule has 4 heteroatoms. The van der Waals surface area contributed by atoms with Crippen molar-refractivity contribution in [2.24, 2.45) is 0 Å². The molecule has 0 aromatic heterocycles. The van der Waals surface area contributed by atoms with E-state index >= 15 is 0 Å². The van der Waals surface area contributed by atoms with Crippen molar-refractivity contribution in [2.45, 2.75) is 13.0 Å². The normalized spacial score (nSPS) is 11.8. The highest BCUT2D eigenvalue weighted by molar-refractivity contribution is 5.48. The van der Waals surface area contributed by atoms with E-state index in [4.69, 9.17) is 14.2 Å². The van der Waals surface area contributed by atoms with E-state index in [2.05, 4.69) is 0 Å². The summed E-state index contributed by atoms with van der Waals surface area (Å²) >= 11 is 0. The summed E-state index contributed by atoms with van der Waals surface area (Å²) in [6.07, 6.45) is -0.681. The minimum absolute atomic E-state index is 0.574. The minimum Gasteiger partial charge on any atom is -0.497 e. The second-order valence-corrected chi connectivity index (χ2v) is 4.33. The zero-order valence-corrected chi connectivity index (χ0v) is 11.8.